The molecule has 0 amide bonds. The van der Waals surface area contributed by atoms with E-state index in [1.54, 1.807) is 0 Å². The first-order valence-corrected chi connectivity index (χ1v) is 12.7. The van der Waals surface area contributed by atoms with E-state index in [2.05, 4.69) is 48.5 Å². The van der Waals surface area contributed by atoms with E-state index in [0.29, 0.717) is 10.8 Å². The Morgan fingerprint density at radius 2 is 0.815 bits per heavy atom. The third-order valence-electron chi connectivity index (χ3n) is 6.40. The van der Waals surface area contributed by atoms with Gasteiger partial charge in [0.1, 0.15) is 0 Å². The molecule has 0 N–H and O–H groups in total. The summed E-state index contributed by atoms with van der Waals surface area (Å²) >= 11 is 0. The van der Waals surface area contributed by atoms with Gasteiger partial charge in [0.25, 0.3) is 0 Å². The SMILES string of the molecule is CCCCCCCCCC(CCCCCCCCC)C(C)(C)CC(C)(C)C. The van der Waals surface area contributed by atoms with Gasteiger partial charge in [0, 0.05) is 0 Å². The van der Waals surface area contributed by atoms with Crippen molar-refractivity contribution < 1.29 is 0 Å². The van der Waals surface area contributed by atoms with E-state index in [1.807, 2.05) is 0 Å². The fraction of sp³-hybridized carbons (Fsp3) is 1.00. The largest absolute Gasteiger partial charge is 0.0654 e. The Hall–Kier alpha value is 0. The van der Waals surface area contributed by atoms with Crippen LogP contribution >= 0.6 is 0 Å². The summed E-state index contributed by atoms with van der Waals surface area (Å²) in [6.45, 7) is 17.0. The van der Waals surface area contributed by atoms with Crippen LogP contribution in [0.15, 0.2) is 0 Å². The summed E-state index contributed by atoms with van der Waals surface area (Å²) in [7, 11) is 0. The minimum Gasteiger partial charge on any atom is -0.0654 e. The summed E-state index contributed by atoms with van der Waals surface area (Å²) in [4.78, 5) is 0. The van der Waals surface area contributed by atoms with Gasteiger partial charge in [-0.2, -0.15) is 0 Å². The fourth-order valence-corrected chi connectivity index (χ4v) is 5.13. The molecule has 0 aliphatic heterocycles. The van der Waals surface area contributed by atoms with Gasteiger partial charge >= 0.3 is 0 Å². The van der Waals surface area contributed by atoms with Gasteiger partial charge in [-0.3, -0.25) is 0 Å². The van der Waals surface area contributed by atoms with Crippen molar-refractivity contribution in [1.82, 2.24) is 0 Å². The summed E-state index contributed by atoms with van der Waals surface area (Å²) in [5.74, 6) is 0.919. The molecule has 27 heavy (non-hydrogen) atoms. The van der Waals surface area contributed by atoms with Crippen molar-refractivity contribution in [3.8, 4) is 0 Å². The maximum absolute atomic E-state index is 2.56. The predicted octanol–water partition coefficient (Wildman–Crippen LogP) is 10.3. The van der Waals surface area contributed by atoms with Crippen LogP contribution in [0.2, 0.25) is 0 Å². The topological polar surface area (TPSA) is 0 Å². The van der Waals surface area contributed by atoms with Gasteiger partial charge in [-0.15, -0.1) is 0 Å². The Morgan fingerprint density at radius 3 is 1.15 bits per heavy atom. The van der Waals surface area contributed by atoms with Crippen LogP contribution < -0.4 is 0 Å². The van der Waals surface area contributed by atoms with Crippen LogP contribution in [0.3, 0.4) is 0 Å². The minimum atomic E-state index is 0.446. The molecule has 0 heteroatoms. The van der Waals surface area contributed by atoms with E-state index in [4.69, 9.17) is 0 Å². The molecule has 0 atom stereocenters. The molecule has 0 aliphatic carbocycles. The molecule has 0 radical (unpaired) electrons. The molecule has 0 fully saturated rings. The molecule has 0 aromatic carbocycles. The van der Waals surface area contributed by atoms with E-state index in [0.717, 1.165) is 5.92 Å². The normalized spacial score (nSPS) is 12.9. The van der Waals surface area contributed by atoms with Crippen molar-refractivity contribution in [1.29, 1.82) is 0 Å². The van der Waals surface area contributed by atoms with Crippen molar-refractivity contribution >= 4 is 0 Å². The average Bonchev–Trinajstić information content (AvgIpc) is 2.56. The van der Waals surface area contributed by atoms with Crippen LogP contribution in [0.5, 0.6) is 0 Å². The first kappa shape index (κ1) is 27.0. The standard InChI is InChI=1S/C27H56/c1-8-10-12-14-16-18-20-22-25(27(6,7)24-26(3,4)5)23-21-19-17-15-13-11-9-2/h25H,8-24H2,1-7H3. The van der Waals surface area contributed by atoms with Gasteiger partial charge in [-0.1, -0.05) is 138 Å². The third-order valence-corrected chi connectivity index (χ3v) is 6.40. The first-order chi connectivity index (χ1) is 12.7. The van der Waals surface area contributed by atoms with E-state index < -0.39 is 0 Å². The van der Waals surface area contributed by atoms with E-state index in [-0.39, 0.29) is 0 Å². The van der Waals surface area contributed by atoms with E-state index in [1.165, 1.54) is 109 Å². The smallest absolute Gasteiger partial charge is 0.0321 e. The molecule has 0 saturated carbocycles. The molecule has 0 aromatic rings. The van der Waals surface area contributed by atoms with Crippen molar-refractivity contribution in [2.24, 2.45) is 16.7 Å². The second-order valence-corrected chi connectivity index (χ2v) is 11.2. The quantitative estimate of drug-likeness (QED) is 0.207. The maximum atomic E-state index is 2.56. The second kappa shape index (κ2) is 15.9. The van der Waals surface area contributed by atoms with E-state index >= 15 is 0 Å². The molecular formula is C27H56. The summed E-state index contributed by atoms with van der Waals surface area (Å²) in [6, 6.07) is 0. The molecule has 0 bridgehead atoms. The molecule has 0 spiro atoms. The Labute approximate surface area is 174 Å². The third kappa shape index (κ3) is 16.6. The number of rotatable bonds is 18. The summed E-state index contributed by atoms with van der Waals surface area (Å²) < 4.78 is 0. The Morgan fingerprint density at radius 1 is 0.481 bits per heavy atom. The molecule has 164 valence electrons. The molecule has 0 saturated heterocycles. The fourth-order valence-electron chi connectivity index (χ4n) is 5.13. The molecular weight excluding hydrogens is 324 g/mol. The van der Waals surface area contributed by atoms with Crippen LogP contribution in [0.1, 0.15) is 158 Å². The van der Waals surface area contributed by atoms with Crippen LogP contribution in [0.25, 0.3) is 0 Å². The molecule has 0 heterocycles. The van der Waals surface area contributed by atoms with Gasteiger partial charge in [0.15, 0.2) is 0 Å². The summed E-state index contributed by atoms with van der Waals surface area (Å²) in [5.41, 5.74) is 0.935. The summed E-state index contributed by atoms with van der Waals surface area (Å²) in [5, 5.41) is 0. The lowest BCUT2D eigenvalue weighted by atomic mass is 9.66. The lowest BCUT2D eigenvalue weighted by Gasteiger charge is -2.40. The monoisotopic (exact) mass is 380 g/mol. The number of hydrogen-bond acceptors (Lipinski definition) is 0. The Kier molecular flexibility index (Phi) is 15.9. The van der Waals surface area contributed by atoms with Crippen LogP contribution in [0, 0.1) is 16.7 Å². The maximum Gasteiger partial charge on any atom is -0.0321 e. The van der Waals surface area contributed by atoms with Crippen molar-refractivity contribution in [2.45, 2.75) is 158 Å². The highest BCUT2D eigenvalue weighted by Gasteiger charge is 2.32. The first-order valence-electron chi connectivity index (χ1n) is 12.7. The predicted molar refractivity (Wildman–Crippen MR) is 127 cm³/mol. The zero-order chi connectivity index (χ0) is 20.6. The van der Waals surface area contributed by atoms with Crippen molar-refractivity contribution in [3.05, 3.63) is 0 Å². The molecule has 0 nitrogen and oxygen atoms in total. The van der Waals surface area contributed by atoms with E-state index in [9.17, 15) is 0 Å². The van der Waals surface area contributed by atoms with Crippen LogP contribution in [-0.2, 0) is 0 Å². The zero-order valence-corrected chi connectivity index (χ0v) is 20.6. The van der Waals surface area contributed by atoms with Gasteiger partial charge in [0.2, 0.25) is 0 Å². The molecule has 0 aromatic heterocycles. The second-order valence-electron chi connectivity index (χ2n) is 11.2. The Balaban J connectivity index is 4.29. The van der Waals surface area contributed by atoms with Crippen molar-refractivity contribution in [3.63, 3.8) is 0 Å². The van der Waals surface area contributed by atoms with Gasteiger partial charge in [-0.25, -0.2) is 0 Å². The highest BCUT2D eigenvalue weighted by molar-refractivity contribution is 4.83. The van der Waals surface area contributed by atoms with Crippen LogP contribution in [0.4, 0.5) is 0 Å². The highest BCUT2D eigenvalue weighted by atomic mass is 14.4. The highest BCUT2D eigenvalue weighted by Crippen LogP contribution is 2.43. The van der Waals surface area contributed by atoms with Crippen LogP contribution in [-0.4, -0.2) is 0 Å². The molecule has 0 aliphatic rings. The zero-order valence-electron chi connectivity index (χ0n) is 20.6. The van der Waals surface area contributed by atoms with Gasteiger partial charge < -0.3 is 0 Å². The number of hydrogen-bond donors (Lipinski definition) is 0. The van der Waals surface area contributed by atoms with Gasteiger partial charge in [-0.05, 0) is 36.0 Å². The molecule has 0 rings (SSSR count). The molecule has 0 unspecified atom stereocenters. The average molecular weight is 381 g/mol. The lowest BCUT2D eigenvalue weighted by molar-refractivity contribution is 0.111. The number of unbranched alkanes of at least 4 members (excludes halogenated alkanes) is 12. The Bertz CT molecular complexity index is 288. The van der Waals surface area contributed by atoms with Gasteiger partial charge in [0.05, 0.1) is 0 Å². The summed E-state index contributed by atoms with van der Waals surface area (Å²) in [6.07, 6.45) is 24.5. The van der Waals surface area contributed by atoms with Crippen molar-refractivity contribution in [2.75, 3.05) is 0 Å². The minimum absolute atomic E-state index is 0.446. The lowest BCUT2D eigenvalue weighted by Crippen LogP contribution is -2.29.